The van der Waals surface area contributed by atoms with Crippen LogP contribution in [-0.2, 0) is 4.74 Å². The molecule has 0 aliphatic carbocycles. The van der Waals surface area contributed by atoms with Crippen molar-refractivity contribution in [2.75, 3.05) is 0 Å². The predicted molar refractivity (Wildman–Crippen MR) is 76.8 cm³/mol. The molecule has 1 unspecified atom stereocenters. The summed E-state index contributed by atoms with van der Waals surface area (Å²) in [5.74, 6) is 0. The Morgan fingerprint density at radius 3 is 2.47 bits per heavy atom. The van der Waals surface area contributed by atoms with Crippen LogP contribution in [0.1, 0.15) is 50.4 Å². The van der Waals surface area contributed by atoms with E-state index in [9.17, 15) is 4.79 Å². The van der Waals surface area contributed by atoms with E-state index in [1.807, 2.05) is 27.7 Å². The summed E-state index contributed by atoms with van der Waals surface area (Å²) in [6.45, 7) is 11.6. The lowest BCUT2D eigenvalue weighted by Crippen LogP contribution is -2.42. The average molecular weight is 264 g/mol. The molecule has 0 aliphatic heterocycles. The van der Waals surface area contributed by atoms with Gasteiger partial charge < -0.3 is 4.74 Å². The highest BCUT2D eigenvalue weighted by Gasteiger charge is 2.17. The van der Waals surface area contributed by atoms with Crippen LogP contribution in [0.4, 0.5) is 4.79 Å². The fraction of sp³-hybridized carbons (Fsp3) is 0.533. The number of carbonyl (C=O) groups is 1. The second-order valence-corrected chi connectivity index (χ2v) is 5.85. The molecule has 2 N–H and O–H groups in total. The van der Waals surface area contributed by atoms with Crippen molar-refractivity contribution < 1.29 is 9.53 Å². The molecule has 4 nitrogen and oxygen atoms in total. The average Bonchev–Trinajstić information content (AvgIpc) is 2.27. The Kier molecular flexibility index (Phi) is 4.95. The van der Waals surface area contributed by atoms with E-state index in [1.54, 1.807) is 0 Å². The van der Waals surface area contributed by atoms with Crippen LogP contribution in [0.2, 0.25) is 0 Å². The topological polar surface area (TPSA) is 50.4 Å². The first-order chi connectivity index (χ1) is 8.69. The van der Waals surface area contributed by atoms with Crippen molar-refractivity contribution in [2.45, 2.75) is 53.2 Å². The quantitative estimate of drug-likeness (QED) is 0.823. The summed E-state index contributed by atoms with van der Waals surface area (Å²) in [4.78, 5) is 11.6. The van der Waals surface area contributed by atoms with Crippen molar-refractivity contribution in [3.05, 3.63) is 34.9 Å². The van der Waals surface area contributed by atoms with Gasteiger partial charge in [-0.05, 0) is 52.7 Å². The van der Waals surface area contributed by atoms with Gasteiger partial charge in [0.15, 0.2) is 0 Å². The lowest BCUT2D eigenvalue weighted by Gasteiger charge is -2.22. The number of hydrazine groups is 1. The first kappa shape index (κ1) is 15.5. The van der Waals surface area contributed by atoms with Crippen LogP contribution in [0.3, 0.4) is 0 Å². The highest BCUT2D eigenvalue weighted by atomic mass is 16.6. The summed E-state index contributed by atoms with van der Waals surface area (Å²) in [6, 6.07) is 6.29. The molecule has 106 valence electrons. The maximum atomic E-state index is 11.6. The molecule has 1 rings (SSSR count). The number of benzene rings is 1. The molecular formula is C15H24N2O2. The predicted octanol–water partition coefficient (Wildman–Crippen LogP) is 3.39. The van der Waals surface area contributed by atoms with Crippen molar-refractivity contribution in [2.24, 2.45) is 0 Å². The van der Waals surface area contributed by atoms with Gasteiger partial charge >= 0.3 is 6.09 Å². The van der Waals surface area contributed by atoms with Crippen LogP contribution in [0.5, 0.6) is 0 Å². The zero-order valence-corrected chi connectivity index (χ0v) is 12.6. The zero-order valence-electron chi connectivity index (χ0n) is 12.6. The molecule has 0 saturated heterocycles. The number of nitrogens with one attached hydrogen (secondary N) is 2. The molecule has 0 saturated carbocycles. The van der Waals surface area contributed by atoms with Gasteiger partial charge in [-0.3, -0.25) is 5.43 Å². The molecule has 1 amide bonds. The highest BCUT2D eigenvalue weighted by molar-refractivity contribution is 5.67. The third-order valence-corrected chi connectivity index (χ3v) is 2.69. The number of rotatable bonds is 3. The van der Waals surface area contributed by atoms with Crippen molar-refractivity contribution in [1.29, 1.82) is 0 Å². The van der Waals surface area contributed by atoms with E-state index < -0.39 is 11.7 Å². The molecule has 1 atom stereocenters. The Hall–Kier alpha value is -1.55. The van der Waals surface area contributed by atoms with Gasteiger partial charge in [0, 0.05) is 6.04 Å². The SMILES string of the molecule is Cc1ccc(C)c(C(C)NNC(=O)OC(C)(C)C)c1. The monoisotopic (exact) mass is 264 g/mol. The Bertz CT molecular complexity index is 450. The number of carbonyl (C=O) groups excluding carboxylic acids is 1. The molecule has 0 fully saturated rings. The standard InChI is InChI=1S/C15H24N2O2/c1-10-7-8-11(2)13(9-10)12(3)16-17-14(18)19-15(4,5)6/h7-9,12,16H,1-6H3,(H,17,18). The van der Waals surface area contributed by atoms with Crippen LogP contribution in [0.25, 0.3) is 0 Å². The fourth-order valence-electron chi connectivity index (χ4n) is 1.77. The lowest BCUT2D eigenvalue weighted by atomic mass is 10.0. The summed E-state index contributed by atoms with van der Waals surface area (Å²) in [5, 5.41) is 0. The maximum Gasteiger partial charge on any atom is 0.422 e. The van der Waals surface area contributed by atoms with Gasteiger partial charge in [-0.15, -0.1) is 0 Å². The van der Waals surface area contributed by atoms with Crippen LogP contribution >= 0.6 is 0 Å². The Morgan fingerprint density at radius 2 is 1.89 bits per heavy atom. The van der Waals surface area contributed by atoms with Crippen molar-refractivity contribution in [3.63, 3.8) is 0 Å². The molecule has 0 bridgehead atoms. The molecule has 0 radical (unpaired) electrons. The number of ether oxygens (including phenoxy) is 1. The van der Waals surface area contributed by atoms with E-state index >= 15 is 0 Å². The van der Waals surface area contributed by atoms with Crippen LogP contribution in [0.15, 0.2) is 18.2 Å². The van der Waals surface area contributed by atoms with Gasteiger partial charge in [0.2, 0.25) is 0 Å². The molecule has 4 heteroatoms. The van der Waals surface area contributed by atoms with Crippen molar-refractivity contribution in [3.8, 4) is 0 Å². The fourth-order valence-corrected chi connectivity index (χ4v) is 1.77. The van der Waals surface area contributed by atoms with Crippen molar-refractivity contribution in [1.82, 2.24) is 10.9 Å². The molecule has 1 aromatic carbocycles. The lowest BCUT2D eigenvalue weighted by molar-refractivity contribution is 0.0489. The summed E-state index contributed by atoms with van der Waals surface area (Å²) in [7, 11) is 0. The van der Waals surface area contributed by atoms with E-state index in [4.69, 9.17) is 4.74 Å². The van der Waals surface area contributed by atoms with Gasteiger partial charge in [-0.25, -0.2) is 10.2 Å². The number of hydrogen-bond acceptors (Lipinski definition) is 3. The van der Waals surface area contributed by atoms with Crippen LogP contribution in [0, 0.1) is 13.8 Å². The Balaban J connectivity index is 2.58. The van der Waals surface area contributed by atoms with E-state index in [1.165, 1.54) is 11.1 Å². The molecule has 0 aromatic heterocycles. The minimum absolute atomic E-state index is 0.0208. The first-order valence-corrected chi connectivity index (χ1v) is 6.51. The van der Waals surface area contributed by atoms with E-state index in [-0.39, 0.29) is 6.04 Å². The molecule has 0 heterocycles. The van der Waals surface area contributed by atoms with Crippen LogP contribution < -0.4 is 10.9 Å². The first-order valence-electron chi connectivity index (χ1n) is 6.51. The number of aryl methyl sites for hydroxylation is 2. The Labute approximate surface area is 115 Å². The van der Waals surface area contributed by atoms with Crippen LogP contribution in [-0.4, -0.2) is 11.7 Å². The van der Waals surface area contributed by atoms with Gasteiger partial charge in [-0.2, -0.15) is 0 Å². The van der Waals surface area contributed by atoms with Gasteiger partial charge in [-0.1, -0.05) is 23.8 Å². The van der Waals surface area contributed by atoms with Gasteiger partial charge in [0.25, 0.3) is 0 Å². The third-order valence-electron chi connectivity index (χ3n) is 2.69. The van der Waals surface area contributed by atoms with Gasteiger partial charge in [0.05, 0.1) is 0 Å². The molecule has 1 aromatic rings. The van der Waals surface area contributed by atoms with Gasteiger partial charge in [0.1, 0.15) is 5.60 Å². The Morgan fingerprint density at radius 1 is 1.26 bits per heavy atom. The van der Waals surface area contributed by atoms with E-state index in [2.05, 4.69) is 42.9 Å². The third kappa shape index (κ3) is 5.30. The summed E-state index contributed by atoms with van der Waals surface area (Å²) < 4.78 is 5.17. The minimum Gasteiger partial charge on any atom is -0.443 e. The summed E-state index contributed by atoms with van der Waals surface area (Å²) in [6.07, 6.45) is -0.468. The summed E-state index contributed by atoms with van der Waals surface area (Å²) in [5.41, 5.74) is 8.60. The molecule has 0 aliphatic rings. The number of hydrogen-bond donors (Lipinski definition) is 2. The number of amides is 1. The smallest absolute Gasteiger partial charge is 0.422 e. The van der Waals surface area contributed by atoms with E-state index in [0.29, 0.717) is 0 Å². The molecule has 19 heavy (non-hydrogen) atoms. The highest BCUT2D eigenvalue weighted by Crippen LogP contribution is 2.18. The molecule has 0 spiro atoms. The maximum absolute atomic E-state index is 11.6. The van der Waals surface area contributed by atoms with E-state index in [0.717, 1.165) is 5.56 Å². The summed E-state index contributed by atoms with van der Waals surface area (Å²) >= 11 is 0. The zero-order chi connectivity index (χ0) is 14.6. The molecular weight excluding hydrogens is 240 g/mol. The second kappa shape index (κ2) is 6.06. The van der Waals surface area contributed by atoms with Crippen molar-refractivity contribution >= 4 is 6.09 Å². The second-order valence-electron chi connectivity index (χ2n) is 5.85. The normalized spacial score (nSPS) is 12.9. The largest absolute Gasteiger partial charge is 0.443 e. The minimum atomic E-state index is -0.492.